The Labute approximate surface area is 214 Å². The molecule has 1 aromatic heterocycles. The minimum atomic E-state index is 0.105. The van der Waals surface area contributed by atoms with Gasteiger partial charge in [-0.1, -0.05) is 39.6 Å². The number of ether oxygens (including phenoxy) is 1. The van der Waals surface area contributed by atoms with E-state index < -0.39 is 0 Å². The maximum atomic E-state index is 8.87. The SMILES string of the molecule is C[C@@H]1C[C@@H](OCc2c(-c3c(Cl)cccc3Cl)noc2C2CC2)CCN1c1ccc(C(N)=NO)cc1. The van der Waals surface area contributed by atoms with E-state index in [2.05, 4.69) is 22.1 Å². The highest BCUT2D eigenvalue weighted by molar-refractivity contribution is 6.39. The molecule has 1 saturated heterocycles. The van der Waals surface area contributed by atoms with E-state index in [1.165, 1.54) is 0 Å². The first-order valence-corrected chi connectivity index (χ1v) is 12.6. The number of oxime groups is 1. The Hall–Kier alpha value is -2.74. The van der Waals surface area contributed by atoms with Crippen molar-refractivity contribution in [2.75, 3.05) is 11.4 Å². The molecule has 2 atom stereocenters. The van der Waals surface area contributed by atoms with Gasteiger partial charge in [0.15, 0.2) is 5.84 Å². The second-order valence-electron chi connectivity index (χ2n) is 9.28. The molecule has 5 rings (SSSR count). The Morgan fingerprint density at radius 3 is 2.51 bits per heavy atom. The van der Waals surface area contributed by atoms with Crippen LogP contribution in [-0.2, 0) is 11.3 Å². The summed E-state index contributed by atoms with van der Waals surface area (Å²) in [5, 5.41) is 17.4. The van der Waals surface area contributed by atoms with Crippen molar-refractivity contribution in [1.82, 2.24) is 5.16 Å². The average molecular weight is 515 g/mol. The van der Waals surface area contributed by atoms with Crippen LogP contribution in [0.5, 0.6) is 0 Å². The Bertz CT molecular complexity index is 1200. The smallest absolute Gasteiger partial charge is 0.170 e. The molecule has 1 aliphatic carbocycles. The minimum absolute atomic E-state index is 0.105. The first kappa shape index (κ1) is 24.0. The molecule has 2 fully saturated rings. The van der Waals surface area contributed by atoms with Gasteiger partial charge in [0.2, 0.25) is 0 Å². The van der Waals surface area contributed by atoms with Crippen LogP contribution in [-0.4, -0.2) is 34.9 Å². The molecule has 2 heterocycles. The van der Waals surface area contributed by atoms with Crippen LogP contribution in [0.3, 0.4) is 0 Å². The van der Waals surface area contributed by atoms with Gasteiger partial charge in [0.25, 0.3) is 0 Å². The lowest BCUT2D eigenvalue weighted by Crippen LogP contribution is -2.43. The third kappa shape index (κ3) is 4.99. The molecule has 0 unspecified atom stereocenters. The van der Waals surface area contributed by atoms with Crippen LogP contribution >= 0.6 is 23.2 Å². The van der Waals surface area contributed by atoms with Crippen molar-refractivity contribution in [2.24, 2.45) is 10.9 Å². The number of amidine groups is 1. The predicted molar refractivity (Wildman–Crippen MR) is 138 cm³/mol. The Morgan fingerprint density at radius 1 is 1.17 bits per heavy atom. The van der Waals surface area contributed by atoms with Crippen molar-refractivity contribution in [2.45, 2.75) is 57.3 Å². The van der Waals surface area contributed by atoms with E-state index in [0.717, 1.165) is 49.2 Å². The maximum Gasteiger partial charge on any atom is 0.170 e. The number of halogens is 2. The summed E-state index contributed by atoms with van der Waals surface area (Å²) in [4.78, 5) is 2.36. The lowest BCUT2D eigenvalue weighted by atomic mass is 9.99. The highest BCUT2D eigenvalue weighted by Gasteiger charge is 2.34. The quantitative estimate of drug-likeness (QED) is 0.169. The highest BCUT2D eigenvalue weighted by Crippen LogP contribution is 2.46. The fraction of sp³-hybridized carbons (Fsp3) is 0.385. The van der Waals surface area contributed by atoms with Gasteiger partial charge in [-0.25, -0.2) is 0 Å². The van der Waals surface area contributed by atoms with Crippen LogP contribution in [0.15, 0.2) is 52.1 Å². The average Bonchev–Trinajstić information content (AvgIpc) is 3.62. The number of nitrogens with two attached hydrogens (primary N) is 1. The van der Waals surface area contributed by atoms with Crippen LogP contribution in [0.2, 0.25) is 10.0 Å². The largest absolute Gasteiger partial charge is 0.409 e. The molecule has 2 aliphatic rings. The van der Waals surface area contributed by atoms with Gasteiger partial charge >= 0.3 is 0 Å². The summed E-state index contributed by atoms with van der Waals surface area (Å²) in [6, 6.07) is 13.5. The molecule has 0 radical (unpaired) electrons. The van der Waals surface area contributed by atoms with Crippen molar-refractivity contribution < 1.29 is 14.5 Å². The van der Waals surface area contributed by atoms with Gasteiger partial charge in [-0.3, -0.25) is 0 Å². The summed E-state index contributed by atoms with van der Waals surface area (Å²) in [5.41, 5.74) is 9.81. The van der Waals surface area contributed by atoms with Gasteiger partial charge in [0.05, 0.1) is 22.8 Å². The molecule has 3 N–H and O–H groups in total. The Kier molecular flexibility index (Phi) is 6.91. The van der Waals surface area contributed by atoms with E-state index in [9.17, 15) is 0 Å². The second kappa shape index (κ2) is 10.1. The summed E-state index contributed by atoms with van der Waals surface area (Å²) in [6.45, 7) is 3.49. The van der Waals surface area contributed by atoms with E-state index in [0.29, 0.717) is 45.4 Å². The number of hydrogen-bond acceptors (Lipinski definition) is 6. The number of anilines is 1. The highest BCUT2D eigenvalue weighted by atomic mass is 35.5. The van der Waals surface area contributed by atoms with E-state index in [1.54, 1.807) is 0 Å². The molecule has 0 amide bonds. The predicted octanol–water partition coefficient (Wildman–Crippen LogP) is 6.19. The van der Waals surface area contributed by atoms with Crippen LogP contribution in [0.4, 0.5) is 5.69 Å². The molecule has 0 spiro atoms. The van der Waals surface area contributed by atoms with Gasteiger partial charge in [-0.15, -0.1) is 0 Å². The van der Waals surface area contributed by atoms with Crippen LogP contribution in [0.25, 0.3) is 11.3 Å². The summed E-state index contributed by atoms with van der Waals surface area (Å²) in [5.74, 6) is 1.39. The zero-order valence-electron chi connectivity index (χ0n) is 19.5. The zero-order chi connectivity index (χ0) is 24.5. The van der Waals surface area contributed by atoms with Gasteiger partial charge in [0.1, 0.15) is 11.5 Å². The number of piperidine rings is 1. The van der Waals surface area contributed by atoms with Gasteiger partial charge in [-0.05, 0) is 69.0 Å². The number of hydrogen-bond donors (Lipinski definition) is 2. The van der Waals surface area contributed by atoms with Crippen LogP contribution in [0, 0.1) is 0 Å². The Morgan fingerprint density at radius 2 is 1.89 bits per heavy atom. The molecule has 9 heteroatoms. The van der Waals surface area contributed by atoms with Crippen molar-refractivity contribution in [1.29, 1.82) is 0 Å². The maximum absolute atomic E-state index is 8.87. The van der Waals surface area contributed by atoms with Gasteiger partial charge in [0, 0.05) is 40.9 Å². The first-order chi connectivity index (χ1) is 17.0. The molecule has 1 aliphatic heterocycles. The monoisotopic (exact) mass is 514 g/mol. The Balaban J connectivity index is 1.28. The van der Waals surface area contributed by atoms with Crippen molar-refractivity contribution in [3.63, 3.8) is 0 Å². The number of rotatable bonds is 7. The normalized spacial score (nSPS) is 20.9. The summed E-state index contributed by atoms with van der Waals surface area (Å²) >= 11 is 13.0. The standard InChI is InChI=1S/C26H28Cl2N4O3/c1-15-13-19(11-12-32(15)18-9-7-17(8-10-18)26(29)30-33)34-14-20-24(31-35-25(20)16-5-6-16)23-21(27)3-2-4-22(23)28/h2-4,7-10,15-16,19,33H,5-6,11-14H2,1H3,(H2,29,30)/t15-,19+/m1/s1. The van der Waals surface area contributed by atoms with E-state index in [4.69, 9.17) is 43.4 Å². The summed E-state index contributed by atoms with van der Waals surface area (Å²) in [7, 11) is 0. The minimum Gasteiger partial charge on any atom is -0.409 e. The number of aromatic nitrogens is 1. The lowest BCUT2D eigenvalue weighted by molar-refractivity contribution is 0.0175. The molecule has 3 aromatic rings. The molecular formula is C26H28Cl2N4O3. The van der Waals surface area contributed by atoms with Gasteiger partial charge in [-0.2, -0.15) is 0 Å². The van der Waals surface area contributed by atoms with Crippen molar-refractivity contribution >= 4 is 34.7 Å². The fourth-order valence-corrected chi connectivity index (χ4v) is 5.37. The first-order valence-electron chi connectivity index (χ1n) is 11.8. The summed E-state index contributed by atoms with van der Waals surface area (Å²) in [6.07, 6.45) is 4.12. The zero-order valence-corrected chi connectivity index (χ0v) is 21.0. The second-order valence-corrected chi connectivity index (χ2v) is 10.1. The number of nitrogens with zero attached hydrogens (tertiary/aromatic N) is 3. The third-order valence-corrected chi connectivity index (χ3v) is 7.49. The topological polar surface area (TPSA) is 97.1 Å². The third-order valence-electron chi connectivity index (χ3n) is 6.86. The molecule has 35 heavy (non-hydrogen) atoms. The summed E-state index contributed by atoms with van der Waals surface area (Å²) < 4.78 is 12.2. The van der Waals surface area contributed by atoms with Crippen molar-refractivity contribution in [3.05, 3.63) is 69.4 Å². The molecular weight excluding hydrogens is 487 g/mol. The van der Waals surface area contributed by atoms with E-state index in [1.807, 2.05) is 42.5 Å². The molecule has 7 nitrogen and oxygen atoms in total. The van der Waals surface area contributed by atoms with Crippen LogP contribution < -0.4 is 10.6 Å². The van der Waals surface area contributed by atoms with E-state index >= 15 is 0 Å². The van der Waals surface area contributed by atoms with E-state index in [-0.39, 0.29) is 11.9 Å². The number of benzene rings is 2. The molecule has 0 bridgehead atoms. The lowest BCUT2D eigenvalue weighted by Gasteiger charge is -2.39. The molecule has 2 aromatic carbocycles. The molecule has 184 valence electrons. The van der Waals surface area contributed by atoms with Gasteiger partial charge < -0.3 is 25.1 Å². The molecule has 1 saturated carbocycles. The van der Waals surface area contributed by atoms with Crippen molar-refractivity contribution in [3.8, 4) is 11.3 Å². The van der Waals surface area contributed by atoms with Crippen LogP contribution in [0.1, 0.15) is 55.4 Å². The fourth-order valence-electron chi connectivity index (χ4n) is 4.79.